The van der Waals surface area contributed by atoms with Gasteiger partial charge in [0.25, 0.3) is 5.91 Å². The molecule has 8 heteroatoms. The number of carbonyl (C=O) groups is 2. The standard InChI is InChI=1S/C17H19N5O3/c23-15(13-4-2-12(3-5-13)14-19-11-20-21-14)22-8-1-6-17(7-9-22)10-18-16(24)25-17/h2-5,11H,1,6-10H2,(H,18,24)(H,19,20,21)/t17-/m1/s1. The average molecular weight is 341 g/mol. The van der Waals surface area contributed by atoms with Gasteiger partial charge in [-0.15, -0.1) is 0 Å². The van der Waals surface area contributed by atoms with E-state index in [0.29, 0.717) is 37.4 Å². The van der Waals surface area contributed by atoms with Gasteiger partial charge < -0.3 is 15.0 Å². The molecule has 1 aromatic heterocycles. The first-order chi connectivity index (χ1) is 12.2. The molecule has 2 aromatic rings. The number of hydrogen-bond acceptors (Lipinski definition) is 5. The molecule has 3 heterocycles. The smallest absolute Gasteiger partial charge is 0.407 e. The van der Waals surface area contributed by atoms with Crippen molar-refractivity contribution in [3.8, 4) is 11.4 Å². The second-order valence-electron chi connectivity index (χ2n) is 6.48. The van der Waals surface area contributed by atoms with Gasteiger partial charge in [-0.25, -0.2) is 9.78 Å². The van der Waals surface area contributed by atoms with Crippen LogP contribution in [0.5, 0.6) is 0 Å². The summed E-state index contributed by atoms with van der Waals surface area (Å²) in [6.45, 7) is 1.78. The molecule has 1 atom stereocenters. The van der Waals surface area contributed by atoms with E-state index in [-0.39, 0.29) is 12.0 Å². The third-order valence-corrected chi connectivity index (χ3v) is 4.87. The lowest BCUT2D eigenvalue weighted by atomic mass is 9.95. The Morgan fingerprint density at radius 1 is 1.20 bits per heavy atom. The molecule has 0 saturated carbocycles. The van der Waals surface area contributed by atoms with Gasteiger partial charge in [0.15, 0.2) is 5.82 Å². The van der Waals surface area contributed by atoms with E-state index in [0.717, 1.165) is 18.4 Å². The maximum Gasteiger partial charge on any atom is 0.407 e. The number of nitrogens with one attached hydrogen (secondary N) is 2. The van der Waals surface area contributed by atoms with Crippen molar-refractivity contribution < 1.29 is 14.3 Å². The number of nitrogens with zero attached hydrogens (tertiary/aromatic N) is 3. The number of benzene rings is 1. The molecule has 1 spiro atoms. The molecule has 1 aromatic carbocycles. The minimum Gasteiger partial charge on any atom is -0.441 e. The lowest BCUT2D eigenvalue weighted by Gasteiger charge is -2.25. The number of hydrogen-bond donors (Lipinski definition) is 2. The molecule has 2 fully saturated rings. The highest BCUT2D eigenvalue weighted by Crippen LogP contribution is 2.29. The molecule has 8 nitrogen and oxygen atoms in total. The first kappa shape index (κ1) is 15.6. The Bertz CT molecular complexity index is 774. The largest absolute Gasteiger partial charge is 0.441 e. The van der Waals surface area contributed by atoms with Gasteiger partial charge in [0.1, 0.15) is 11.9 Å². The van der Waals surface area contributed by atoms with Crippen LogP contribution in [-0.2, 0) is 4.74 Å². The molecule has 2 saturated heterocycles. The van der Waals surface area contributed by atoms with E-state index in [4.69, 9.17) is 4.74 Å². The van der Waals surface area contributed by atoms with Crippen LogP contribution < -0.4 is 5.32 Å². The molecule has 0 radical (unpaired) electrons. The zero-order valence-corrected chi connectivity index (χ0v) is 13.7. The summed E-state index contributed by atoms with van der Waals surface area (Å²) in [5.41, 5.74) is 1.07. The molecule has 0 unspecified atom stereocenters. The summed E-state index contributed by atoms with van der Waals surface area (Å²) < 4.78 is 5.46. The van der Waals surface area contributed by atoms with Crippen molar-refractivity contribution in [2.24, 2.45) is 0 Å². The molecule has 2 aliphatic rings. The third-order valence-electron chi connectivity index (χ3n) is 4.87. The van der Waals surface area contributed by atoms with Gasteiger partial charge >= 0.3 is 6.09 Å². The number of alkyl carbamates (subject to hydrolysis) is 1. The summed E-state index contributed by atoms with van der Waals surface area (Å²) in [6, 6.07) is 7.32. The van der Waals surface area contributed by atoms with Crippen molar-refractivity contribution in [2.45, 2.75) is 24.9 Å². The second-order valence-corrected chi connectivity index (χ2v) is 6.48. The van der Waals surface area contributed by atoms with E-state index in [9.17, 15) is 9.59 Å². The third kappa shape index (κ3) is 3.07. The fourth-order valence-corrected chi connectivity index (χ4v) is 3.45. The van der Waals surface area contributed by atoms with Crippen molar-refractivity contribution in [1.82, 2.24) is 25.4 Å². The van der Waals surface area contributed by atoms with E-state index < -0.39 is 5.60 Å². The minimum absolute atomic E-state index is 0.00143. The lowest BCUT2D eigenvalue weighted by Crippen LogP contribution is -2.36. The van der Waals surface area contributed by atoms with E-state index in [2.05, 4.69) is 20.5 Å². The Kier molecular flexibility index (Phi) is 3.87. The monoisotopic (exact) mass is 341 g/mol. The summed E-state index contributed by atoms with van der Waals surface area (Å²) in [4.78, 5) is 30.1. The van der Waals surface area contributed by atoms with Gasteiger partial charge in [0.05, 0.1) is 6.54 Å². The number of H-pyrrole nitrogens is 1. The fraction of sp³-hybridized carbons (Fsp3) is 0.412. The Balaban J connectivity index is 1.45. The van der Waals surface area contributed by atoms with Crippen LogP contribution in [0.1, 0.15) is 29.6 Å². The summed E-state index contributed by atoms with van der Waals surface area (Å²) in [7, 11) is 0. The minimum atomic E-state index is -0.456. The van der Waals surface area contributed by atoms with Gasteiger partial charge in [0.2, 0.25) is 0 Å². The Morgan fingerprint density at radius 3 is 2.72 bits per heavy atom. The number of carbonyl (C=O) groups excluding carboxylic acids is 2. The van der Waals surface area contributed by atoms with Crippen molar-refractivity contribution >= 4 is 12.0 Å². The number of aromatic amines is 1. The lowest BCUT2D eigenvalue weighted by molar-refractivity contribution is 0.0438. The zero-order chi connectivity index (χ0) is 17.3. The molecule has 0 bridgehead atoms. The van der Waals surface area contributed by atoms with E-state index in [1.54, 1.807) is 12.1 Å². The Morgan fingerprint density at radius 2 is 2.04 bits per heavy atom. The molecular formula is C17H19N5O3. The van der Waals surface area contributed by atoms with Crippen molar-refractivity contribution in [3.63, 3.8) is 0 Å². The fourth-order valence-electron chi connectivity index (χ4n) is 3.45. The molecule has 2 aliphatic heterocycles. The molecule has 2 amide bonds. The SMILES string of the molecule is O=C1NC[C@]2(CCCN(C(=O)c3ccc(-c4ncn[nH]4)cc3)CC2)O1. The van der Waals surface area contributed by atoms with Crippen LogP contribution in [0.15, 0.2) is 30.6 Å². The van der Waals surface area contributed by atoms with Crippen LogP contribution >= 0.6 is 0 Å². The normalized spacial score (nSPS) is 23.2. The van der Waals surface area contributed by atoms with Gasteiger partial charge in [0, 0.05) is 30.6 Å². The highest BCUT2D eigenvalue weighted by molar-refractivity contribution is 5.94. The number of aromatic nitrogens is 3. The second kappa shape index (κ2) is 6.19. The number of rotatable bonds is 2. The van der Waals surface area contributed by atoms with Crippen LogP contribution in [-0.4, -0.2) is 57.3 Å². The maximum absolute atomic E-state index is 12.8. The van der Waals surface area contributed by atoms with Gasteiger partial charge in [-0.3, -0.25) is 9.89 Å². The van der Waals surface area contributed by atoms with Crippen LogP contribution in [0.2, 0.25) is 0 Å². The van der Waals surface area contributed by atoms with Crippen LogP contribution in [0, 0.1) is 0 Å². The number of amides is 2. The number of ether oxygens (including phenoxy) is 1. The zero-order valence-electron chi connectivity index (χ0n) is 13.7. The average Bonchev–Trinajstić information content (AvgIpc) is 3.23. The highest BCUT2D eigenvalue weighted by atomic mass is 16.6. The summed E-state index contributed by atoms with van der Waals surface area (Å²) in [6.07, 6.45) is 3.35. The predicted octanol–water partition coefficient (Wildman–Crippen LogP) is 1.58. The predicted molar refractivity (Wildman–Crippen MR) is 88.8 cm³/mol. The summed E-state index contributed by atoms with van der Waals surface area (Å²) >= 11 is 0. The Labute approximate surface area is 144 Å². The van der Waals surface area contributed by atoms with Gasteiger partial charge in [-0.2, -0.15) is 5.10 Å². The Hall–Kier alpha value is -2.90. The number of likely N-dealkylation sites (tertiary alicyclic amines) is 1. The van der Waals surface area contributed by atoms with Crippen molar-refractivity contribution in [2.75, 3.05) is 19.6 Å². The summed E-state index contributed by atoms with van der Waals surface area (Å²) in [5.74, 6) is 0.671. The van der Waals surface area contributed by atoms with E-state index in [1.807, 2.05) is 17.0 Å². The van der Waals surface area contributed by atoms with E-state index in [1.165, 1.54) is 6.33 Å². The topological polar surface area (TPSA) is 100 Å². The first-order valence-corrected chi connectivity index (χ1v) is 8.37. The van der Waals surface area contributed by atoms with Crippen LogP contribution in [0.25, 0.3) is 11.4 Å². The molecule has 25 heavy (non-hydrogen) atoms. The quantitative estimate of drug-likeness (QED) is 0.864. The molecule has 130 valence electrons. The van der Waals surface area contributed by atoms with Crippen molar-refractivity contribution in [1.29, 1.82) is 0 Å². The maximum atomic E-state index is 12.8. The molecule has 2 N–H and O–H groups in total. The van der Waals surface area contributed by atoms with Gasteiger partial charge in [-0.1, -0.05) is 12.1 Å². The highest BCUT2D eigenvalue weighted by Gasteiger charge is 2.41. The van der Waals surface area contributed by atoms with Gasteiger partial charge in [-0.05, 0) is 25.0 Å². The summed E-state index contributed by atoms with van der Waals surface area (Å²) in [5, 5.41) is 9.35. The van der Waals surface area contributed by atoms with Crippen LogP contribution in [0.4, 0.5) is 4.79 Å². The molecular weight excluding hydrogens is 322 g/mol. The van der Waals surface area contributed by atoms with E-state index >= 15 is 0 Å². The van der Waals surface area contributed by atoms with Crippen molar-refractivity contribution in [3.05, 3.63) is 36.2 Å². The van der Waals surface area contributed by atoms with Crippen LogP contribution in [0.3, 0.4) is 0 Å². The molecule has 0 aliphatic carbocycles. The molecule has 4 rings (SSSR count). The first-order valence-electron chi connectivity index (χ1n) is 8.37.